The molecule has 3 aromatic heterocycles. The molecule has 2 amide bonds. The third-order valence-corrected chi connectivity index (χ3v) is 3.78. The fraction of sp³-hybridized carbons (Fsp3) is 0.176. The Labute approximate surface area is 153 Å². The van der Waals surface area contributed by atoms with Crippen LogP contribution in [0.25, 0.3) is 5.82 Å². The SMILES string of the molecule is Cc1ncc(C(=O)NC(Cc2ncco2)C(=O)C(N)=O)n1-c1ccccn1. The van der Waals surface area contributed by atoms with Crippen molar-refractivity contribution in [3.63, 3.8) is 0 Å². The van der Waals surface area contributed by atoms with Gasteiger partial charge in [-0.25, -0.2) is 15.0 Å². The minimum absolute atomic E-state index is 0.114. The van der Waals surface area contributed by atoms with E-state index in [2.05, 4.69) is 20.3 Å². The van der Waals surface area contributed by atoms with E-state index in [0.29, 0.717) is 11.6 Å². The van der Waals surface area contributed by atoms with E-state index in [9.17, 15) is 14.4 Å². The first kappa shape index (κ1) is 18.0. The van der Waals surface area contributed by atoms with Crippen molar-refractivity contribution >= 4 is 17.6 Å². The molecule has 0 spiro atoms. The van der Waals surface area contributed by atoms with Gasteiger partial charge in [0.25, 0.3) is 11.8 Å². The summed E-state index contributed by atoms with van der Waals surface area (Å²) in [5.41, 5.74) is 5.24. The average molecular weight is 368 g/mol. The second-order valence-corrected chi connectivity index (χ2v) is 5.60. The summed E-state index contributed by atoms with van der Waals surface area (Å²) in [4.78, 5) is 48.4. The lowest BCUT2D eigenvalue weighted by Gasteiger charge is -2.15. The molecule has 10 nitrogen and oxygen atoms in total. The molecule has 138 valence electrons. The Morgan fingerprint density at radius 2 is 2.04 bits per heavy atom. The molecule has 3 rings (SSSR count). The number of hydrogen-bond acceptors (Lipinski definition) is 7. The number of carbonyl (C=O) groups is 3. The molecule has 3 heterocycles. The van der Waals surface area contributed by atoms with Crippen LogP contribution >= 0.6 is 0 Å². The molecule has 0 aromatic carbocycles. The van der Waals surface area contributed by atoms with Crippen LogP contribution in [0.1, 0.15) is 22.2 Å². The molecular weight excluding hydrogens is 352 g/mol. The first-order valence-electron chi connectivity index (χ1n) is 7.96. The average Bonchev–Trinajstić information content (AvgIpc) is 3.30. The predicted molar refractivity (Wildman–Crippen MR) is 91.8 cm³/mol. The van der Waals surface area contributed by atoms with E-state index in [1.54, 1.807) is 31.3 Å². The summed E-state index contributed by atoms with van der Waals surface area (Å²) in [5, 5.41) is 2.50. The summed E-state index contributed by atoms with van der Waals surface area (Å²) >= 11 is 0. The number of hydrogen-bond donors (Lipinski definition) is 2. The van der Waals surface area contributed by atoms with E-state index in [1.165, 1.54) is 23.2 Å². The Hall–Kier alpha value is -3.82. The molecule has 0 fully saturated rings. The molecule has 0 saturated carbocycles. The number of primary amides is 1. The van der Waals surface area contributed by atoms with Crippen LogP contribution in [0.3, 0.4) is 0 Å². The summed E-state index contributed by atoms with van der Waals surface area (Å²) in [6.07, 6.45) is 5.54. The van der Waals surface area contributed by atoms with Crippen LogP contribution in [0, 0.1) is 6.92 Å². The molecule has 0 bridgehead atoms. The second-order valence-electron chi connectivity index (χ2n) is 5.60. The number of ketones is 1. The summed E-state index contributed by atoms with van der Waals surface area (Å²) in [6, 6.07) is 4.00. The van der Waals surface area contributed by atoms with Gasteiger partial charge in [0, 0.05) is 6.20 Å². The topological polar surface area (TPSA) is 146 Å². The van der Waals surface area contributed by atoms with Gasteiger partial charge < -0.3 is 15.5 Å². The zero-order valence-electron chi connectivity index (χ0n) is 14.3. The Kier molecular flexibility index (Phi) is 5.06. The number of amides is 2. The third-order valence-electron chi connectivity index (χ3n) is 3.78. The summed E-state index contributed by atoms with van der Waals surface area (Å²) in [7, 11) is 0. The Morgan fingerprint density at radius 3 is 2.67 bits per heavy atom. The summed E-state index contributed by atoms with van der Waals surface area (Å²) in [6.45, 7) is 1.71. The lowest BCUT2D eigenvalue weighted by atomic mass is 10.1. The van der Waals surface area contributed by atoms with Gasteiger partial charge in [-0.3, -0.25) is 19.0 Å². The van der Waals surface area contributed by atoms with E-state index in [0.717, 1.165) is 0 Å². The molecule has 0 radical (unpaired) electrons. The van der Waals surface area contributed by atoms with Gasteiger partial charge in [0.05, 0.1) is 18.8 Å². The zero-order valence-corrected chi connectivity index (χ0v) is 14.3. The Morgan fingerprint density at radius 1 is 1.22 bits per heavy atom. The van der Waals surface area contributed by atoms with Crippen molar-refractivity contribution in [1.82, 2.24) is 24.8 Å². The molecule has 1 atom stereocenters. The minimum Gasteiger partial charge on any atom is -0.449 e. The van der Waals surface area contributed by atoms with E-state index >= 15 is 0 Å². The molecule has 27 heavy (non-hydrogen) atoms. The highest BCUT2D eigenvalue weighted by Gasteiger charge is 2.28. The van der Waals surface area contributed by atoms with Gasteiger partial charge in [0.2, 0.25) is 5.78 Å². The van der Waals surface area contributed by atoms with Crippen molar-refractivity contribution in [2.45, 2.75) is 19.4 Å². The highest BCUT2D eigenvalue weighted by Crippen LogP contribution is 2.13. The molecule has 3 N–H and O–H groups in total. The second kappa shape index (κ2) is 7.60. The van der Waals surface area contributed by atoms with Gasteiger partial charge >= 0.3 is 0 Å². The van der Waals surface area contributed by atoms with Gasteiger partial charge in [0.1, 0.15) is 29.6 Å². The van der Waals surface area contributed by atoms with Crippen LogP contribution in [-0.2, 0) is 16.0 Å². The van der Waals surface area contributed by atoms with Gasteiger partial charge in [-0.05, 0) is 19.1 Å². The smallest absolute Gasteiger partial charge is 0.287 e. The number of rotatable bonds is 7. The molecule has 1 unspecified atom stereocenters. The largest absolute Gasteiger partial charge is 0.449 e. The number of imidazole rings is 1. The van der Waals surface area contributed by atoms with Crippen molar-refractivity contribution in [2.75, 3.05) is 0 Å². The van der Waals surface area contributed by atoms with E-state index in [-0.39, 0.29) is 18.0 Å². The number of Topliss-reactive ketones (excluding diaryl/α,β-unsaturated/α-hetero) is 1. The number of pyridine rings is 1. The first-order chi connectivity index (χ1) is 13.0. The van der Waals surface area contributed by atoms with Crippen LogP contribution < -0.4 is 11.1 Å². The van der Waals surface area contributed by atoms with Crippen molar-refractivity contribution in [2.24, 2.45) is 5.73 Å². The molecular formula is C17H16N6O4. The van der Waals surface area contributed by atoms with E-state index in [4.69, 9.17) is 10.2 Å². The van der Waals surface area contributed by atoms with E-state index in [1.807, 2.05) is 0 Å². The maximum absolute atomic E-state index is 12.8. The van der Waals surface area contributed by atoms with Gasteiger partial charge in [-0.15, -0.1) is 0 Å². The number of carbonyl (C=O) groups excluding carboxylic acids is 3. The highest BCUT2D eigenvalue weighted by atomic mass is 16.3. The van der Waals surface area contributed by atoms with Gasteiger partial charge in [0.15, 0.2) is 5.89 Å². The Bertz CT molecular complexity index is 965. The van der Waals surface area contributed by atoms with Crippen molar-refractivity contribution in [3.05, 3.63) is 60.5 Å². The number of nitrogens with zero attached hydrogens (tertiary/aromatic N) is 4. The summed E-state index contributed by atoms with van der Waals surface area (Å²) < 4.78 is 6.62. The Balaban J connectivity index is 1.88. The van der Waals surface area contributed by atoms with Crippen molar-refractivity contribution in [3.8, 4) is 5.82 Å². The number of aryl methyl sites for hydroxylation is 1. The van der Waals surface area contributed by atoms with Gasteiger partial charge in [-0.2, -0.15) is 0 Å². The van der Waals surface area contributed by atoms with Crippen LogP contribution in [0.2, 0.25) is 0 Å². The fourth-order valence-corrected chi connectivity index (χ4v) is 2.52. The summed E-state index contributed by atoms with van der Waals surface area (Å²) in [5.74, 6) is -1.53. The van der Waals surface area contributed by atoms with Crippen LogP contribution in [0.5, 0.6) is 0 Å². The fourth-order valence-electron chi connectivity index (χ4n) is 2.52. The quantitative estimate of drug-likeness (QED) is 0.556. The first-order valence-corrected chi connectivity index (χ1v) is 7.96. The lowest BCUT2D eigenvalue weighted by molar-refractivity contribution is -0.137. The highest BCUT2D eigenvalue weighted by molar-refractivity contribution is 6.38. The number of oxazole rings is 1. The standard InChI is InChI=1S/C17H16N6O4/c1-10-21-9-12(23(10)13-4-2-3-5-19-13)17(26)22-11(15(24)16(18)25)8-14-20-6-7-27-14/h2-7,9,11H,8H2,1H3,(H2,18,25)(H,22,26). The molecule has 3 aromatic rings. The normalized spacial score (nSPS) is 11.7. The number of nitrogens with one attached hydrogen (secondary N) is 1. The molecule has 0 saturated heterocycles. The third kappa shape index (κ3) is 3.89. The molecule has 0 aliphatic rings. The maximum atomic E-state index is 12.8. The van der Waals surface area contributed by atoms with Crippen molar-refractivity contribution < 1.29 is 18.8 Å². The van der Waals surface area contributed by atoms with Crippen LogP contribution in [-0.4, -0.2) is 43.2 Å². The van der Waals surface area contributed by atoms with Gasteiger partial charge in [-0.1, -0.05) is 6.07 Å². The molecule has 0 aliphatic heterocycles. The van der Waals surface area contributed by atoms with Crippen molar-refractivity contribution in [1.29, 1.82) is 0 Å². The maximum Gasteiger partial charge on any atom is 0.287 e. The number of nitrogens with two attached hydrogens (primary N) is 1. The van der Waals surface area contributed by atoms with E-state index < -0.39 is 23.6 Å². The van der Waals surface area contributed by atoms with Crippen LogP contribution in [0.15, 0.2) is 47.5 Å². The molecule has 0 aliphatic carbocycles. The minimum atomic E-state index is -1.22. The predicted octanol–water partition coefficient (Wildman–Crippen LogP) is -0.0408. The monoisotopic (exact) mass is 368 g/mol. The van der Waals surface area contributed by atoms with Crippen LogP contribution in [0.4, 0.5) is 0 Å². The molecule has 10 heteroatoms. The lowest BCUT2D eigenvalue weighted by Crippen LogP contribution is -2.47. The zero-order chi connectivity index (χ0) is 19.4. The number of aromatic nitrogens is 4.